The highest BCUT2D eigenvalue weighted by Gasteiger charge is 2.11. The second kappa shape index (κ2) is 10.3. The van der Waals surface area contributed by atoms with Gasteiger partial charge in [-0.15, -0.1) is 0 Å². The number of rotatable bonds is 10. The molecule has 0 aliphatic heterocycles. The van der Waals surface area contributed by atoms with Gasteiger partial charge in [0.25, 0.3) is 0 Å². The number of hydrogen-bond donors (Lipinski definition) is 1. The molecule has 0 fully saturated rings. The van der Waals surface area contributed by atoms with Crippen LogP contribution in [0.1, 0.15) is 31.4 Å². The van der Waals surface area contributed by atoms with Crippen LogP contribution in [0.2, 0.25) is 5.02 Å². The molecular formula is C20H25ClFNO2. The predicted octanol–water partition coefficient (Wildman–Crippen LogP) is 5.00. The molecule has 3 nitrogen and oxygen atoms in total. The zero-order valence-electron chi connectivity index (χ0n) is 14.8. The molecule has 0 aliphatic rings. The van der Waals surface area contributed by atoms with Crippen LogP contribution in [0.25, 0.3) is 0 Å². The highest BCUT2D eigenvalue weighted by atomic mass is 35.5. The third kappa shape index (κ3) is 5.91. The van der Waals surface area contributed by atoms with Crippen molar-refractivity contribution in [2.45, 2.75) is 33.2 Å². The number of benzene rings is 2. The fourth-order valence-corrected chi connectivity index (χ4v) is 2.67. The molecule has 5 heteroatoms. The summed E-state index contributed by atoms with van der Waals surface area (Å²) >= 11 is 6.37. The molecule has 0 saturated heterocycles. The molecule has 0 spiro atoms. The van der Waals surface area contributed by atoms with E-state index in [0.717, 1.165) is 12.0 Å². The van der Waals surface area contributed by atoms with E-state index in [1.807, 2.05) is 19.1 Å². The first-order valence-corrected chi connectivity index (χ1v) is 9.05. The van der Waals surface area contributed by atoms with E-state index < -0.39 is 0 Å². The van der Waals surface area contributed by atoms with Crippen molar-refractivity contribution >= 4 is 11.6 Å². The van der Waals surface area contributed by atoms with Gasteiger partial charge in [0.2, 0.25) is 0 Å². The third-order valence-electron chi connectivity index (χ3n) is 3.72. The molecule has 2 aromatic carbocycles. The van der Waals surface area contributed by atoms with E-state index in [0.29, 0.717) is 54.8 Å². The van der Waals surface area contributed by atoms with E-state index in [1.54, 1.807) is 18.2 Å². The zero-order chi connectivity index (χ0) is 18.1. The number of hydrogen-bond acceptors (Lipinski definition) is 3. The Bertz CT molecular complexity index is 679. The fourth-order valence-electron chi connectivity index (χ4n) is 2.45. The summed E-state index contributed by atoms with van der Waals surface area (Å²) in [5, 5.41) is 3.94. The minimum atomic E-state index is -0.168. The number of ether oxygens (including phenoxy) is 2. The monoisotopic (exact) mass is 365 g/mol. The van der Waals surface area contributed by atoms with Crippen LogP contribution in [-0.4, -0.2) is 19.8 Å². The molecule has 0 saturated carbocycles. The van der Waals surface area contributed by atoms with Crippen LogP contribution in [0.3, 0.4) is 0 Å². The largest absolute Gasteiger partial charge is 0.490 e. The lowest BCUT2D eigenvalue weighted by Crippen LogP contribution is -2.17. The van der Waals surface area contributed by atoms with Crippen molar-refractivity contribution < 1.29 is 13.9 Å². The van der Waals surface area contributed by atoms with Gasteiger partial charge < -0.3 is 14.8 Å². The van der Waals surface area contributed by atoms with Gasteiger partial charge in [0, 0.05) is 17.6 Å². The van der Waals surface area contributed by atoms with Crippen molar-refractivity contribution in [2.75, 3.05) is 19.8 Å². The average Bonchev–Trinajstić information content (AvgIpc) is 2.61. The summed E-state index contributed by atoms with van der Waals surface area (Å²) in [6, 6.07) is 10.5. The van der Waals surface area contributed by atoms with Crippen molar-refractivity contribution in [3.63, 3.8) is 0 Å². The SMILES string of the molecule is CCCOc1cc(Cl)c(CNCCc2ccccc2F)cc1OCC. The van der Waals surface area contributed by atoms with Crippen LogP contribution < -0.4 is 14.8 Å². The maximum absolute atomic E-state index is 13.6. The van der Waals surface area contributed by atoms with Gasteiger partial charge in [-0.2, -0.15) is 0 Å². The molecule has 25 heavy (non-hydrogen) atoms. The lowest BCUT2D eigenvalue weighted by Gasteiger charge is -2.15. The van der Waals surface area contributed by atoms with Crippen molar-refractivity contribution in [1.29, 1.82) is 0 Å². The highest BCUT2D eigenvalue weighted by Crippen LogP contribution is 2.33. The lowest BCUT2D eigenvalue weighted by molar-refractivity contribution is 0.276. The molecule has 2 aromatic rings. The molecule has 0 bridgehead atoms. The molecule has 1 N–H and O–H groups in total. The first kappa shape index (κ1) is 19.5. The van der Waals surface area contributed by atoms with Gasteiger partial charge >= 0.3 is 0 Å². The maximum atomic E-state index is 13.6. The Labute approximate surface area is 154 Å². The topological polar surface area (TPSA) is 30.5 Å². The van der Waals surface area contributed by atoms with E-state index in [1.165, 1.54) is 6.07 Å². The standard InChI is InChI=1S/C20H25ClFNO2/c1-3-11-25-20-13-17(21)16(12-19(20)24-4-2)14-23-10-9-15-7-5-6-8-18(15)22/h5-8,12-13,23H,3-4,9-11,14H2,1-2H3. The first-order chi connectivity index (χ1) is 12.2. The van der Waals surface area contributed by atoms with Gasteiger partial charge in [-0.1, -0.05) is 36.7 Å². The minimum absolute atomic E-state index is 0.168. The highest BCUT2D eigenvalue weighted by molar-refractivity contribution is 6.31. The van der Waals surface area contributed by atoms with E-state index >= 15 is 0 Å². The summed E-state index contributed by atoms with van der Waals surface area (Å²) in [7, 11) is 0. The summed E-state index contributed by atoms with van der Waals surface area (Å²) in [5.41, 5.74) is 1.64. The van der Waals surface area contributed by atoms with Crippen LogP contribution in [0, 0.1) is 5.82 Å². The van der Waals surface area contributed by atoms with Crippen LogP contribution in [0.4, 0.5) is 4.39 Å². The summed E-state index contributed by atoms with van der Waals surface area (Å²) in [6.07, 6.45) is 1.54. The van der Waals surface area contributed by atoms with Crippen molar-refractivity contribution in [3.05, 3.63) is 58.4 Å². The van der Waals surface area contributed by atoms with E-state index in [-0.39, 0.29) is 5.82 Å². The van der Waals surface area contributed by atoms with Gasteiger partial charge in [0.15, 0.2) is 11.5 Å². The predicted molar refractivity (Wildman–Crippen MR) is 100 cm³/mol. The smallest absolute Gasteiger partial charge is 0.162 e. The van der Waals surface area contributed by atoms with Crippen LogP contribution in [-0.2, 0) is 13.0 Å². The summed E-state index contributed by atoms with van der Waals surface area (Å²) in [6.45, 7) is 6.41. The molecule has 0 unspecified atom stereocenters. The lowest BCUT2D eigenvalue weighted by atomic mass is 10.1. The second-order valence-electron chi connectivity index (χ2n) is 5.69. The Hall–Kier alpha value is -1.78. The molecule has 0 atom stereocenters. The maximum Gasteiger partial charge on any atom is 0.162 e. The van der Waals surface area contributed by atoms with Crippen molar-refractivity contribution in [3.8, 4) is 11.5 Å². The van der Waals surface area contributed by atoms with Gasteiger partial charge in [0.05, 0.1) is 13.2 Å². The van der Waals surface area contributed by atoms with Crippen LogP contribution >= 0.6 is 11.6 Å². The van der Waals surface area contributed by atoms with Crippen LogP contribution in [0.15, 0.2) is 36.4 Å². The third-order valence-corrected chi connectivity index (χ3v) is 4.07. The quantitative estimate of drug-likeness (QED) is 0.601. The molecule has 0 heterocycles. The fraction of sp³-hybridized carbons (Fsp3) is 0.400. The van der Waals surface area contributed by atoms with Gasteiger partial charge in [-0.05, 0) is 49.6 Å². The van der Waals surface area contributed by atoms with Gasteiger partial charge in [-0.3, -0.25) is 0 Å². The Morgan fingerprint density at radius 2 is 1.80 bits per heavy atom. The zero-order valence-corrected chi connectivity index (χ0v) is 15.5. The molecule has 2 rings (SSSR count). The van der Waals surface area contributed by atoms with Crippen LogP contribution in [0.5, 0.6) is 11.5 Å². The molecule has 0 aromatic heterocycles. The molecule has 0 radical (unpaired) electrons. The summed E-state index contributed by atoms with van der Waals surface area (Å²) in [4.78, 5) is 0. The Morgan fingerprint density at radius 3 is 2.52 bits per heavy atom. The number of nitrogens with one attached hydrogen (secondary N) is 1. The van der Waals surface area contributed by atoms with Gasteiger partial charge in [-0.25, -0.2) is 4.39 Å². The van der Waals surface area contributed by atoms with Gasteiger partial charge in [0.1, 0.15) is 5.82 Å². The molecular weight excluding hydrogens is 341 g/mol. The average molecular weight is 366 g/mol. The summed E-state index contributed by atoms with van der Waals surface area (Å²) in [5.74, 6) is 1.20. The Morgan fingerprint density at radius 1 is 1.04 bits per heavy atom. The number of halogens is 2. The molecule has 0 amide bonds. The normalized spacial score (nSPS) is 10.7. The Kier molecular flexibility index (Phi) is 8.02. The summed E-state index contributed by atoms with van der Waals surface area (Å²) < 4.78 is 25.0. The minimum Gasteiger partial charge on any atom is -0.490 e. The molecule has 136 valence electrons. The first-order valence-electron chi connectivity index (χ1n) is 8.67. The van der Waals surface area contributed by atoms with E-state index in [9.17, 15) is 4.39 Å². The Balaban J connectivity index is 1.96. The van der Waals surface area contributed by atoms with E-state index in [4.69, 9.17) is 21.1 Å². The van der Waals surface area contributed by atoms with Crippen molar-refractivity contribution in [1.82, 2.24) is 5.32 Å². The second-order valence-corrected chi connectivity index (χ2v) is 6.10. The molecule has 0 aliphatic carbocycles. The van der Waals surface area contributed by atoms with Crippen molar-refractivity contribution in [2.24, 2.45) is 0 Å². The van der Waals surface area contributed by atoms with E-state index in [2.05, 4.69) is 12.2 Å².